The van der Waals surface area contributed by atoms with Gasteiger partial charge in [-0.3, -0.25) is 4.90 Å². The van der Waals surface area contributed by atoms with Gasteiger partial charge in [-0.2, -0.15) is 13.2 Å². The van der Waals surface area contributed by atoms with Gasteiger partial charge in [-0.1, -0.05) is 20.3 Å². The van der Waals surface area contributed by atoms with Crippen LogP contribution in [0.25, 0.3) is 0 Å². The summed E-state index contributed by atoms with van der Waals surface area (Å²) in [6.07, 6.45) is -1.45. The molecule has 0 saturated heterocycles. The van der Waals surface area contributed by atoms with Crippen LogP contribution in [0.15, 0.2) is 0 Å². The molecule has 0 saturated carbocycles. The maximum atomic E-state index is 12.3. The highest BCUT2D eigenvalue weighted by atomic mass is 19.4. The summed E-state index contributed by atoms with van der Waals surface area (Å²) < 4.78 is 36.9. The fourth-order valence-corrected chi connectivity index (χ4v) is 1.79. The van der Waals surface area contributed by atoms with Gasteiger partial charge in [0, 0.05) is 12.6 Å². The lowest BCUT2D eigenvalue weighted by Gasteiger charge is -2.27. The molecule has 0 heterocycles. The van der Waals surface area contributed by atoms with E-state index in [-0.39, 0.29) is 6.04 Å². The van der Waals surface area contributed by atoms with Crippen LogP contribution in [0.3, 0.4) is 0 Å². The van der Waals surface area contributed by atoms with Crippen molar-refractivity contribution in [3.05, 3.63) is 0 Å². The number of hydrogen-bond donors (Lipinski definition) is 1. The zero-order valence-corrected chi connectivity index (χ0v) is 10.4. The van der Waals surface area contributed by atoms with Crippen molar-refractivity contribution in [1.29, 1.82) is 0 Å². The molecule has 1 unspecified atom stereocenters. The van der Waals surface area contributed by atoms with Gasteiger partial charge in [0.05, 0.1) is 6.54 Å². The molecule has 0 rings (SSSR count). The average molecular weight is 240 g/mol. The van der Waals surface area contributed by atoms with Gasteiger partial charge < -0.3 is 5.32 Å². The molecule has 98 valence electrons. The van der Waals surface area contributed by atoms with E-state index in [1.54, 1.807) is 7.05 Å². The van der Waals surface area contributed by atoms with E-state index in [0.717, 1.165) is 19.3 Å². The van der Waals surface area contributed by atoms with Crippen molar-refractivity contribution in [3.8, 4) is 0 Å². The number of likely N-dealkylation sites (N-methyl/N-ethyl adjacent to an activating group) is 1. The van der Waals surface area contributed by atoms with Gasteiger partial charge in [0.2, 0.25) is 0 Å². The van der Waals surface area contributed by atoms with E-state index in [1.807, 2.05) is 13.8 Å². The first kappa shape index (κ1) is 15.7. The number of hydrogen-bond acceptors (Lipinski definition) is 2. The van der Waals surface area contributed by atoms with Gasteiger partial charge in [-0.15, -0.1) is 0 Å². The molecule has 0 amide bonds. The minimum Gasteiger partial charge on any atom is -0.316 e. The SMILES string of the molecule is CCCC(CN(CCC)CC(F)(F)F)NC. The van der Waals surface area contributed by atoms with Crippen LogP contribution in [-0.2, 0) is 0 Å². The summed E-state index contributed by atoms with van der Waals surface area (Å²) in [5, 5.41) is 3.07. The molecule has 0 radical (unpaired) electrons. The quantitative estimate of drug-likeness (QED) is 0.701. The Morgan fingerprint density at radius 1 is 1.19 bits per heavy atom. The zero-order valence-electron chi connectivity index (χ0n) is 10.4. The lowest BCUT2D eigenvalue weighted by Crippen LogP contribution is -2.43. The number of rotatable bonds is 8. The summed E-state index contributed by atoms with van der Waals surface area (Å²) in [6.45, 7) is 4.11. The monoisotopic (exact) mass is 240 g/mol. The van der Waals surface area contributed by atoms with Crippen molar-refractivity contribution >= 4 is 0 Å². The summed E-state index contributed by atoms with van der Waals surface area (Å²) >= 11 is 0. The third-order valence-corrected chi connectivity index (χ3v) is 2.47. The largest absolute Gasteiger partial charge is 0.401 e. The van der Waals surface area contributed by atoms with Crippen LogP contribution in [0.4, 0.5) is 13.2 Å². The second-order valence-electron chi connectivity index (χ2n) is 4.12. The molecule has 0 aliphatic carbocycles. The molecular formula is C11H23F3N2. The fourth-order valence-electron chi connectivity index (χ4n) is 1.79. The van der Waals surface area contributed by atoms with Crippen molar-refractivity contribution in [2.24, 2.45) is 0 Å². The number of alkyl halides is 3. The third-order valence-electron chi connectivity index (χ3n) is 2.47. The predicted octanol–water partition coefficient (Wildman–Crippen LogP) is 2.65. The first-order chi connectivity index (χ1) is 7.42. The first-order valence-electron chi connectivity index (χ1n) is 5.89. The Kier molecular flexibility index (Phi) is 7.76. The van der Waals surface area contributed by atoms with Crippen LogP contribution >= 0.6 is 0 Å². The standard InChI is InChI=1S/C11H23F3N2/c1-4-6-10(15-3)8-16(7-5-2)9-11(12,13)14/h10,15H,4-9H2,1-3H3. The van der Waals surface area contributed by atoms with Gasteiger partial charge in [0.1, 0.15) is 0 Å². The Hall–Kier alpha value is -0.290. The Labute approximate surface area is 96.2 Å². The maximum Gasteiger partial charge on any atom is 0.401 e. The summed E-state index contributed by atoms with van der Waals surface area (Å²) in [5.41, 5.74) is 0. The average Bonchev–Trinajstić information content (AvgIpc) is 2.15. The minimum absolute atomic E-state index is 0.152. The number of nitrogens with zero attached hydrogens (tertiary/aromatic N) is 1. The van der Waals surface area contributed by atoms with Crippen LogP contribution in [0, 0.1) is 0 Å². The van der Waals surface area contributed by atoms with Crippen LogP contribution < -0.4 is 5.32 Å². The van der Waals surface area contributed by atoms with Gasteiger partial charge in [0.25, 0.3) is 0 Å². The third kappa shape index (κ3) is 7.93. The second-order valence-corrected chi connectivity index (χ2v) is 4.12. The zero-order chi connectivity index (χ0) is 12.6. The second kappa shape index (κ2) is 7.90. The van der Waals surface area contributed by atoms with E-state index >= 15 is 0 Å². The molecule has 1 N–H and O–H groups in total. The van der Waals surface area contributed by atoms with Gasteiger partial charge in [-0.25, -0.2) is 0 Å². The van der Waals surface area contributed by atoms with Gasteiger partial charge in [-0.05, 0) is 26.4 Å². The highest BCUT2D eigenvalue weighted by Gasteiger charge is 2.30. The lowest BCUT2D eigenvalue weighted by atomic mass is 10.1. The summed E-state index contributed by atoms with van der Waals surface area (Å²) in [7, 11) is 1.80. The fraction of sp³-hybridized carbons (Fsp3) is 1.00. The van der Waals surface area contributed by atoms with Crippen molar-refractivity contribution < 1.29 is 13.2 Å². The molecule has 1 atom stereocenters. The normalized spacial score (nSPS) is 14.4. The van der Waals surface area contributed by atoms with E-state index in [9.17, 15) is 13.2 Å². The van der Waals surface area contributed by atoms with Gasteiger partial charge >= 0.3 is 6.18 Å². The Morgan fingerprint density at radius 2 is 1.81 bits per heavy atom. The van der Waals surface area contributed by atoms with E-state index in [4.69, 9.17) is 0 Å². The van der Waals surface area contributed by atoms with E-state index in [0.29, 0.717) is 13.1 Å². The first-order valence-corrected chi connectivity index (χ1v) is 5.89. The number of nitrogens with one attached hydrogen (secondary N) is 1. The van der Waals surface area contributed by atoms with Crippen molar-refractivity contribution in [3.63, 3.8) is 0 Å². The molecule has 0 aliphatic rings. The van der Waals surface area contributed by atoms with Crippen molar-refractivity contribution in [1.82, 2.24) is 10.2 Å². The molecule has 5 heteroatoms. The summed E-state index contributed by atoms with van der Waals surface area (Å²) in [5.74, 6) is 0. The summed E-state index contributed by atoms with van der Waals surface area (Å²) in [4.78, 5) is 1.48. The van der Waals surface area contributed by atoms with Crippen LogP contribution in [-0.4, -0.2) is 43.8 Å². The predicted molar refractivity (Wildman–Crippen MR) is 60.5 cm³/mol. The molecule has 0 fully saturated rings. The van der Waals surface area contributed by atoms with Gasteiger partial charge in [0.15, 0.2) is 0 Å². The Morgan fingerprint density at radius 3 is 2.19 bits per heavy atom. The highest BCUT2D eigenvalue weighted by Crippen LogP contribution is 2.17. The number of halogens is 3. The van der Waals surface area contributed by atoms with Crippen LogP contribution in [0.5, 0.6) is 0 Å². The minimum atomic E-state index is -4.10. The molecule has 16 heavy (non-hydrogen) atoms. The maximum absolute atomic E-state index is 12.3. The van der Waals surface area contributed by atoms with E-state index in [1.165, 1.54) is 4.90 Å². The topological polar surface area (TPSA) is 15.3 Å². The van der Waals surface area contributed by atoms with Crippen molar-refractivity contribution in [2.45, 2.75) is 45.3 Å². The molecule has 0 spiro atoms. The Balaban J connectivity index is 4.19. The Bertz CT molecular complexity index is 171. The van der Waals surface area contributed by atoms with E-state index in [2.05, 4.69) is 5.32 Å². The highest BCUT2D eigenvalue weighted by molar-refractivity contribution is 4.72. The van der Waals surface area contributed by atoms with Crippen LogP contribution in [0.1, 0.15) is 33.1 Å². The smallest absolute Gasteiger partial charge is 0.316 e. The molecule has 0 aromatic carbocycles. The molecule has 0 aromatic heterocycles. The summed E-state index contributed by atoms with van der Waals surface area (Å²) in [6, 6.07) is 0.152. The molecule has 0 aliphatic heterocycles. The van der Waals surface area contributed by atoms with Crippen LogP contribution in [0.2, 0.25) is 0 Å². The molecule has 0 bridgehead atoms. The lowest BCUT2D eigenvalue weighted by molar-refractivity contribution is -0.146. The van der Waals surface area contributed by atoms with E-state index < -0.39 is 12.7 Å². The molecular weight excluding hydrogens is 217 g/mol. The molecule has 2 nitrogen and oxygen atoms in total. The molecule has 0 aromatic rings. The van der Waals surface area contributed by atoms with Crippen molar-refractivity contribution in [2.75, 3.05) is 26.7 Å².